The van der Waals surface area contributed by atoms with Crippen LogP contribution in [-0.2, 0) is 4.79 Å². The Balaban J connectivity index is 1.64. The molecule has 2 rings (SSSR count). The van der Waals surface area contributed by atoms with E-state index in [4.69, 9.17) is 4.74 Å². The summed E-state index contributed by atoms with van der Waals surface area (Å²) in [7, 11) is 1.74. The van der Waals surface area contributed by atoms with Gasteiger partial charge < -0.3 is 15.0 Å². The highest BCUT2D eigenvalue weighted by Gasteiger charge is 2.21. The first-order valence-corrected chi connectivity index (χ1v) is 6.51. The van der Waals surface area contributed by atoms with E-state index in [0.717, 1.165) is 0 Å². The minimum absolute atomic E-state index is 0.0507. The van der Waals surface area contributed by atoms with Crippen LogP contribution in [0.1, 0.15) is 12.8 Å². The van der Waals surface area contributed by atoms with Gasteiger partial charge in [0.2, 0.25) is 5.91 Å². The maximum atomic E-state index is 12.9. The highest BCUT2D eigenvalue weighted by molar-refractivity contribution is 5.78. The fourth-order valence-electron chi connectivity index (χ4n) is 1.64. The molecule has 0 saturated heterocycles. The van der Waals surface area contributed by atoms with E-state index in [1.807, 2.05) is 0 Å². The normalized spacial score (nSPS) is 14.2. The summed E-state index contributed by atoms with van der Waals surface area (Å²) in [4.78, 5) is 13.3. The molecule has 19 heavy (non-hydrogen) atoms. The van der Waals surface area contributed by atoms with Gasteiger partial charge in [-0.15, -0.1) is 0 Å². The minimum Gasteiger partial charge on any atom is -0.492 e. The second-order valence-electron chi connectivity index (χ2n) is 4.78. The van der Waals surface area contributed by atoms with Crippen molar-refractivity contribution in [2.45, 2.75) is 18.9 Å². The van der Waals surface area contributed by atoms with Gasteiger partial charge in [0.25, 0.3) is 0 Å². The second kappa shape index (κ2) is 6.52. The quantitative estimate of drug-likeness (QED) is 0.811. The molecule has 5 heteroatoms. The Morgan fingerprint density at radius 1 is 1.53 bits per heavy atom. The Kier molecular flexibility index (Phi) is 4.74. The Morgan fingerprint density at radius 2 is 2.32 bits per heavy atom. The lowest BCUT2D eigenvalue weighted by Crippen LogP contribution is -2.38. The third kappa shape index (κ3) is 4.87. The van der Waals surface area contributed by atoms with Crippen LogP contribution in [0.2, 0.25) is 0 Å². The summed E-state index contributed by atoms with van der Waals surface area (Å²) in [6.45, 7) is 1.22. The van der Waals surface area contributed by atoms with E-state index in [0.29, 0.717) is 31.5 Å². The fourth-order valence-corrected chi connectivity index (χ4v) is 1.64. The molecule has 0 radical (unpaired) electrons. The van der Waals surface area contributed by atoms with Gasteiger partial charge in [0.1, 0.15) is 18.2 Å². The number of rotatable bonds is 7. The summed E-state index contributed by atoms with van der Waals surface area (Å²) < 4.78 is 18.3. The molecule has 1 aliphatic carbocycles. The zero-order valence-corrected chi connectivity index (χ0v) is 11.1. The summed E-state index contributed by atoms with van der Waals surface area (Å²) in [6, 6.07) is 6.52. The lowest BCUT2D eigenvalue weighted by Gasteiger charge is -2.17. The van der Waals surface area contributed by atoms with Crippen molar-refractivity contribution in [2.24, 2.45) is 0 Å². The number of ether oxygens (including phenoxy) is 1. The molecule has 0 heterocycles. The molecule has 1 aromatic carbocycles. The molecule has 1 aromatic rings. The van der Waals surface area contributed by atoms with Crippen LogP contribution in [0.25, 0.3) is 0 Å². The van der Waals surface area contributed by atoms with Gasteiger partial charge in [0, 0.05) is 19.2 Å². The van der Waals surface area contributed by atoms with E-state index in [2.05, 4.69) is 5.32 Å². The van der Waals surface area contributed by atoms with Gasteiger partial charge in [-0.25, -0.2) is 4.39 Å². The van der Waals surface area contributed by atoms with Gasteiger partial charge in [-0.2, -0.15) is 0 Å². The smallest absolute Gasteiger partial charge is 0.236 e. The first kappa shape index (κ1) is 13.8. The van der Waals surface area contributed by atoms with Crippen LogP contribution in [0.15, 0.2) is 24.3 Å². The molecule has 0 atom stereocenters. The number of amides is 1. The zero-order chi connectivity index (χ0) is 13.7. The molecule has 0 bridgehead atoms. The predicted octanol–water partition coefficient (Wildman–Crippen LogP) is 1.41. The Hall–Kier alpha value is -1.62. The third-order valence-corrected chi connectivity index (χ3v) is 3.04. The van der Waals surface area contributed by atoms with Crippen LogP contribution >= 0.6 is 0 Å². The molecule has 1 fully saturated rings. The van der Waals surface area contributed by atoms with Crippen LogP contribution in [-0.4, -0.2) is 43.6 Å². The Morgan fingerprint density at radius 3 is 3.00 bits per heavy atom. The third-order valence-electron chi connectivity index (χ3n) is 3.04. The minimum atomic E-state index is -0.324. The van der Waals surface area contributed by atoms with Crippen molar-refractivity contribution in [1.82, 2.24) is 10.2 Å². The van der Waals surface area contributed by atoms with E-state index in [9.17, 15) is 9.18 Å². The van der Waals surface area contributed by atoms with Gasteiger partial charge in [-0.05, 0) is 25.0 Å². The van der Waals surface area contributed by atoms with Crippen molar-refractivity contribution < 1.29 is 13.9 Å². The summed E-state index contributed by atoms with van der Waals surface area (Å²) in [5.41, 5.74) is 0. The molecule has 104 valence electrons. The standard InChI is InChI=1S/C14H19FN2O2/c1-17(14(18)10-16-12-5-6-12)7-8-19-13-4-2-3-11(15)9-13/h2-4,9,12,16H,5-8,10H2,1H3. The fraction of sp³-hybridized carbons (Fsp3) is 0.500. The summed E-state index contributed by atoms with van der Waals surface area (Å²) >= 11 is 0. The molecule has 1 saturated carbocycles. The van der Waals surface area contributed by atoms with E-state index in [1.165, 1.54) is 25.0 Å². The maximum Gasteiger partial charge on any atom is 0.236 e. The van der Waals surface area contributed by atoms with E-state index >= 15 is 0 Å². The average molecular weight is 266 g/mol. The van der Waals surface area contributed by atoms with E-state index < -0.39 is 0 Å². The van der Waals surface area contributed by atoms with Crippen LogP contribution in [0.3, 0.4) is 0 Å². The lowest BCUT2D eigenvalue weighted by molar-refractivity contribution is -0.129. The maximum absolute atomic E-state index is 12.9. The van der Waals surface area contributed by atoms with Crippen molar-refractivity contribution in [3.05, 3.63) is 30.1 Å². The van der Waals surface area contributed by atoms with Crippen molar-refractivity contribution in [1.29, 1.82) is 0 Å². The predicted molar refractivity (Wildman–Crippen MR) is 70.6 cm³/mol. The van der Waals surface area contributed by atoms with Crippen LogP contribution in [0.4, 0.5) is 4.39 Å². The lowest BCUT2D eigenvalue weighted by atomic mass is 10.3. The molecule has 4 nitrogen and oxygen atoms in total. The average Bonchev–Trinajstić information content (AvgIpc) is 3.20. The van der Waals surface area contributed by atoms with Crippen LogP contribution in [0, 0.1) is 5.82 Å². The monoisotopic (exact) mass is 266 g/mol. The van der Waals surface area contributed by atoms with Crippen molar-refractivity contribution >= 4 is 5.91 Å². The number of hydrogen-bond acceptors (Lipinski definition) is 3. The molecular weight excluding hydrogens is 247 g/mol. The van der Waals surface area contributed by atoms with Crippen molar-refractivity contribution in [3.8, 4) is 5.75 Å². The molecule has 0 aromatic heterocycles. The number of benzene rings is 1. The van der Waals surface area contributed by atoms with Crippen LogP contribution < -0.4 is 10.1 Å². The highest BCUT2D eigenvalue weighted by Crippen LogP contribution is 2.18. The number of likely N-dealkylation sites (N-methyl/N-ethyl adjacent to an activating group) is 1. The molecule has 0 aliphatic heterocycles. The Labute approximate surface area is 112 Å². The van der Waals surface area contributed by atoms with Crippen molar-refractivity contribution in [2.75, 3.05) is 26.7 Å². The molecule has 1 aliphatic rings. The van der Waals surface area contributed by atoms with Gasteiger partial charge in [-0.3, -0.25) is 4.79 Å². The number of hydrogen-bond donors (Lipinski definition) is 1. The van der Waals surface area contributed by atoms with Crippen molar-refractivity contribution in [3.63, 3.8) is 0 Å². The molecular formula is C14H19FN2O2. The van der Waals surface area contributed by atoms with Gasteiger partial charge in [0.05, 0.1) is 13.1 Å². The van der Waals surface area contributed by atoms with Gasteiger partial charge in [-0.1, -0.05) is 6.07 Å². The highest BCUT2D eigenvalue weighted by atomic mass is 19.1. The molecule has 0 spiro atoms. The Bertz CT molecular complexity index is 435. The van der Waals surface area contributed by atoms with E-state index in [-0.39, 0.29) is 11.7 Å². The topological polar surface area (TPSA) is 41.6 Å². The summed E-state index contributed by atoms with van der Waals surface area (Å²) in [5, 5.41) is 3.17. The first-order valence-electron chi connectivity index (χ1n) is 6.51. The zero-order valence-electron chi connectivity index (χ0n) is 11.1. The summed E-state index contributed by atoms with van der Waals surface area (Å²) in [6.07, 6.45) is 2.33. The van der Waals surface area contributed by atoms with Gasteiger partial charge >= 0.3 is 0 Å². The van der Waals surface area contributed by atoms with E-state index in [1.54, 1.807) is 24.1 Å². The number of carbonyl (C=O) groups is 1. The second-order valence-corrected chi connectivity index (χ2v) is 4.78. The molecule has 1 N–H and O–H groups in total. The first-order chi connectivity index (χ1) is 9.15. The number of nitrogens with one attached hydrogen (secondary N) is 1. The number of carbonyl (C=O) groups excluding carboxylic acids is 1. The SMILES string of the molecule is CN(CCOc1cccc(F)c1)C(=O)CNC1CC1. The molecule has 0 unspecified atom stereocenters. The molecule has 1 amide bonds. The van der Waals surface area contributed by atoms with Gasteiger partial charge in [0.15, 0.2) is 0 Å². The number of halogens is 1. The largest absolute Gasteiger partial charge is 0.492 e. The number of nitrogens with zero attached hydrogens (tertiary/aromatic N) is 1. The van der Waals surface area contributed by atoms with Crippen LogP contribution in [0.5, 0.6) is 5.75 Å². The summed E-state index contributed by atoms with van der Waals surface area (Å²) in [5.74, 6) is 0.210.